The van der Waals surface area contributed by atoms with Crippen molar-refractivity contribution in [1.29, 1.82) is 0 Å². The van der Waals surface area contributed by atoms with Crippen LogP contribution in [0.2, 0.25) is 0 Å². The summed E-state index contributed by atoms with van der Waals surface area (Å²) in [5, 5.41) is 2.44. The molecule has 2 N–H and O–H groups in total. The summed E-state index contributed by atoms with van der Waals surface area (Å²) in [7, 11) is 0. The summed E-state index contributed by atoms with van der Waals surface area (Å²) in [6.07, 6.45) is 5.72. The van der Waals surface area contributed by atoms with Gasteiger partial charge in [0.15, 0.2) is 5.76 Å². The quantitative estimate of drug-likeness (QED) is 0.766. The fourth-order valence-corrected chi connectivity index (χ4v) is 1.85. The molecule has 0 atom stereocenters. The van der Waals surface area contributed by atoms with Gasteiger partial charge in [0.25, 0.3) is 11.8 Å². The summed E-state index contributed by atoms with van der Waals surface area (Å²) in [5.74, 6) is -0.614. The van der Waals surface area contributed by atoms with Gasteiger partial charge in [-0.05, 0) is 25.0 Å². The molecule has 1 fully saturated rings. The van der Waals surface area contributed by atoms with Crippen LogP contribution in [0.15, 0.2) is 22.8 Å². The molecule has 1 aromatic rings. The van der Waals surface area contributed by atoms with Crippen molar-refractivity contribution in [2.24, 2.45) is 0 Å². The van der Waals surface area contributed by atoms with Crippen LogP contribution in [-0.2, 0) is 9.63 Å². The molecular formula is C12H16N2O4. The predicted molar refractivity (Wildman–Crippen MR) is 62.5 cm³/mol. The molecule has 0 bridgehead atoms. The first kappa shape index (κ1) is 12.6. The van der Waals surface area contributed by atoms with Gasteiger partial charge in [-0.2, -0.15) is 0 Å². The molecule has 1 aliphatic rings. The van der Waals surface area contributed by atoms with Gasteiger partial charge in [-0.15, -0.1) is 0 Å². The average molecular weight is 252 g/mol. The lowest BCUT2D eigenvalue weighted by Crippen LogP contribution is -2.38. The van der Waals surface area contributed by atoms with Crippen LogP contribution < -0.4 is 10.8 Å². The maximum atomic E-state index is 11.4. The highest BCUT2D eigenvalue weighted by Gasteiger charge is 2.17. The van der Waals surface area contributed by atoms with Gasteiger partial charge in [-0.25, -0.2) is 5.48 Å². The minimum absolute atomic E-state index is 0.106. The third-order valence-corrected chi connectivity index (χ3v) is 2.80. The number of nitrogens with one attached hydrogen (secondary N) is 2. The van der Waals surface area contributed by atoms with Gasteiger partial charge >= 0.3 is 0 Å². The number of rotatable bonds is 5. The van der Waals surface area contributed by atoms with Gasteiger partial charge < -0.3 is 9.73 Å². The maximum absolute atomic E-state index is 11.4. The molecule has 1 heterocycles. The van der Waals surface area contributed by atoms with Crippen molar-refractivity contribution in [2.45, 2.75) is 31.8 Å². The van der Waals surface area contributed by atoms with Crippen LogP contribution in [0, 0.1) is 0 Å². The summed E-state index contributed by atoms with van der Waals surface area (Å²) >= 11 is 0. The van der Waals surface area contributed by atoms with Crippen LogP contribution in [0.3, 0.4) is 0 Å². The first-order valence-corrected chi connectivity index (χ1v) is 6.02. The zero-order chi connectivity index (χ0) is 12.8. The van der Waals surface area contributed by atoms with E-state index in [1.165, 1.54) is 12.3 Å². The number of hydroxylamine groups is 1. The molecular weight excluding hydrogens is 236 g/mol. The molecule has 0 spiro atoms. The lowest BCUT2D eigenvalue weighted by atomic mass is 10.3. The monoisotopic (exact) mass is 252 g/mol. The van der Waals surface area contributed by atoms with Crippen molar-refractivity contribution in [3.8, 4) is 0 Å². The van der Waals surface area contributed by atoms with E-state index in [9.17, 15) is 9.59 Å². The highest BCUT2D eigenvalue weighted by molar-refractivity contribution is 5.93. The normalized spacial score (nSPS) is 15.6. The van der Waals surface area contributed by atoms with Gasteiger partial charge in [0, 0.05) is 0 Å². The van der Waals surface area contributed by atoms with Crippen molar-refractivity contribution < 1.29 is 18.8 Å². The van der Waals surface area contributed by atoms with E-state index in [0.717, 1.165) is 25.7 Å². The Labute approximate surface area is 105 Å². The summed E-state index contributed by atoms with van der Waals surface area (Å²) in [6.45, 7) is -0.133. The van der Waals surface area contributed by atoms with Crippen molar-refractivity contribution in [2.75, 3.05) is 6.54 Å². The lowest BCUT2D eigenvalue weighted by molar-refractivity contribution is -0.137. The summed E-state index contributed by atoms with van der Waals surface area (Å²) in [6, 6.07) is 3.14. The minimum atomic E-state index is -0.420. The van der Waals surface area contributed by atoms with Crippen LogP contribution >= 0.6 is 0 Å². The third-order valence-electron chi connectivity index (χ3n) is 2.80. The predicted octanol–water partition coefficient (Wildman–Crippen LogP) is 1.000. The van der Waals surface area contributed by atoms with E-state index in [-0.39, 0.29) is 24.3 Å². The van der Waals surface area contributed by atoms with Crippen LogP contribution in [-0.4, -0.2) is 24.5 Å². The Kier molecular flexibility index (Phi) is 4.35. The molecule has 0 aromatic carbocycles. The highest BCUT2D eigenvalue weighted by atomic mass is 16.7. The molecule has 2 amide bonds. The van der Waals surface area contributed by atoms with Gasteiger partial charge in [0.1, 0.15) is 0 Å². The topological polar surface area (TPSA) is 80.6 Å². The summed E-state index contributed by atoms with van der Waals surface area (Å²) in [5.41, 5.74) is 2.34. The Morgan fingerprint density at radius 2 is 2.17 bits per heavy atom. The Hall–Kier alpha value is -1.82. The van der Waals surface area contributed by atoms with Crippen LogP contribution in [0.1, 0.15) is 36.2 Å². The highest BCUT2D eigenvalue weighted by Crippen LogP contribution is 2.19. The molecule has 6 nitrogen and oxygen atoms in total. The zero-order valence-electron chi connectivity index (χ0n) is 9.98. The van der Waals surface area contributed by atoms with Gasteiger partial charge in [0.2, 0.25) is 0 Å². The van der Waals surface area contributed by atoms with E-state index in [4.69, 9.17) is 9.25 Å². The number of hydrogen-bond acceptors (Lipinski definition) is 4. The van der Waals surface area contributed by atoms with E-state index < -0.39 is 5.91 Å². The lowest BCUT2D eigenvalue weighted by Gasteiger charge is -2.11. The number of hydrogen-bond donors (Lipinski definition) is 2. The summed E-state index contributed by atoms with van der Waals surface area (Å²) < 4.78 is 4.89. The molecule has 1 aromatic heterocycles. The molecule has 6 heteroatoms. The molecule has 0 saturated heterocycles. The second-order valence-electron chi connectivity index (χ2n) is 4.21. The van der Waals surface area contributed by atoms with E-state index in [2.05, 4.69) is 10.8 Å². The SMILES string of the molecule is O=C(CNC(=O)c1ccco1)NOC1CCCC1. The molecule has 0 aliphatic heterocycles. The fraction of sp³-hybridized carbons (Fsp3) is 0.500. The van der Waals surface area contributed by atoms with Gasteiger partial charge in [0.05, 0.1) is 18.9 Å². The molecule has 1 aliphatic carbocycles. The number of furan rings is 1. The Morgan fingerprint density at radius 3 is 2.83 bits per heavy atom. The second-order valence-corrected chi connectivity index (χ2v) is 4.21. The van der Waals surface area contributed by atoms with Crippen molar-refractivity contribution in [3.63, 3.8) is 0 Å². The zero-order valence-corrected chi connectivity index (χ0v) is 9.98. The van der Waals surface area contributed by atoms with Gasteiger partial charge in [-0.3, -0.25) is 14.4 Å². The average Bonchev–Trinajstić information content (AvgIpc) is 3.05. The van der Waals surface area contributed by atoms with Crippen molar-refractivity contribution in [3.05, 3.63) is 24.2 Å². The van der Waals surface area contributed by atoms with E-state index in [1.54, 1.807) is 6.07 Å². The molecule has 18 heavy (non-hydrogen) atoms. The summed E-state index contributed by atoms with van der Waals surface area (Å²) in [4.78, 5) is 28.1. The van der Waals surface area contributed by atoms with Crippen molar-refractivity contribution in [1.82, 2.24) is 10.8 Å². The smallest absolute Gasteiger partial charge is 0.287 e. The Balaban J connectivity index is 1.63. The van der Waals surface area contributed by atoms with Crippen LogP contribution in [0.5, 0.6) is 0 Å². The fourth-order valence-electron chi connectivity index (χ4n) is 1.85. The Bertz CT molecular complexity index is 396. The van der Waals surface area contributed by atoms with E-state index in [0.29, 0.717) is 0 Å². The van der Waals surface area contributed by atoms with E-state index >= 15 is 0 Å². The second kappa shape index (κ2) is 6.20. The first-order valence-electron chi connectivity index (χ1n) is 6.02. The van der Waals surface area contributed by atoms with Crippen molar-refractivity contribution >= 4 is 11.8 Å². The number of carbonyl (C=O) groups is 2. The standard InChI is InChI=1S/C12H16N2O4/c15-11(14-18-9-4-1-2-5-9)8-13-12(16)10-6-3-7-17-10/h3,6-7,9H,1-2,4-5,8H2,(H,13,16)(H,14,15). The minimum Gasteiger partial charge on any atom is -0.459 e. The maximum Gasteiger partial charge on any atom is 0.287 e. The molecule has 1 saturated carbocycles. The molecule has 2 rings (SSSR count). The number of carbonyl (C=O) groups excluding carboxylic acids is 2. The van der Waals surface area contributed by atoms with Crippen LogP contribution in [0.25, 0.3) is 0 Å². The number of amides is 2. The first-order chi connectivity index (χ1) is 8.75. The Morgan fingerprint density at radius 1 is 1.39 bits per heavy atom. The molecule has 0 radical (unpaired) electrons. The third kappa shape index (κ3) is 3.59. The van der Waals surface area contributed by atoms with E-state index in [1.807, 2.05) is 0 Å². The largest absolute Gasteiger partial charge is 0.459 e. The molecule has 0 unspecified atom stereocenters. The van der Waals surface area contributed by atoms with Crippen LogP contribution in [0.4, 0.5) is 0 Å². The molecule has 98 valence electrons. The van der Waals surface area contributed by atoms with Gasteiger partial charge in [-0.1, -0.05) is 12.8 Å².